The second kappa shape index (κ2) is 4.50. The molecule has 1 N–H and O–H groups in total. The molecule has 3 rings (SSSR count). The SMILES string of the molecule is O=S1(=O)CSc2cc(-c3cncc(F)c3)ccc2N1. The fourth-order valence-electron chi connectivity index (χ4n) is 1.81. The minimum Gasteiger partial charge on any atom is -0.282 e. The highest BCUT2D eigenvalue weighted by Crippen LogP contribution is 2.36. The van der Waals surface area contributed by atoms with E-state index in [4.69, 9.17) is 0 Å². The third-order valence-corrected chi connectivity index (χ3v) is 5.55. The number of aromatic nitrogens is 1. The second-order valence-electron chi connectivity index (χ2n) is 4.08. The quantitative estimate of drug-likeness (QED) is 0.879. The van der Waals surface area contributed by atoms with Crippen molar-refractivity contribution in [2.24, 2.45) is 0 Å². The number of pyridine rings is 1. The Morgan fingerprint density at radius 3 is 2.84 bits per heavy atom. The predicted octanol–water partition coefficient (Wildman–Crippen LogP) is 2.69. The number of hydrogen-bond acceptors (Lipinski definition) is 4. The first-order valence-corrected chi connectivity index (χ1v) is 8.05. The Morgan fingerprint density at radius 2 is 2.05 bits per heavy atom. The van der Waals surface area contributed by atoms with Crippen molar-refractivity contribution in [3.63, 3.8) is 0 Å². The lowest BCUT2D eigenvalue weighted by Crippen LogP contribution is -2.18. The van der Waals surface area contributed by atoms with Crippen molar-refractivity contribution in [1.82, 2.24) is 4.98 Å². The van der Waals surface area contributed by atoms with Crippen LogP contribution in [0.25, 0.3) is 11.1 Å². The number of hydrogen-bond donors (Lipinski definition) is 1. The number of nitrogens with one attached hydrogen (secondary N) is 1. The van der Waals surface area contributed by atoms with E-state index in [1.807, 2.05) is 6.07 Å². The number of benzene rings is 1. The first kappa shape index (κ1) is 12.4. The molecule has 0 spiro atoms. The summed E-state index contributed by atoms with van der Waals surface area (Å²) in [6.07, 6.45) is 2.72. The zero-order chi connectivity index (χ0) is 13.5. The van der Waals surface area contributed by atoms with Crippen LogP contribution in [-0.4, -0.2) is 18.5 Å². The average molecular weight is 296 g/mol. The van der Waals surface area contributed by atoms with E-state index >= 15 is 0 Å². The van der Waals surface area contributed by atoms with Crippen molar-refractivity contribution in [1.29, 1.82) is 0 Å². The first-order valence-electron chi connectivity index (χ1n) is 5.42. The molecule has 1 aromatic carbocycles. The summed E-state index contributed by atoms with van der Waals surface area (Å²) in [5.74, 6) is -0.399. The van der Waals surface area contributed by atoms with E-state index in [2.05, 4.69) is 9.71 Å². The van der Waals surface area contributed by atoms with Crippen LogP contribution in [0.4, 0.5) is 10.1 Å². The smallest absolute Gasteiger partial charge is 0.242 e. The van der Waals surface area contributed by atoms with Gasteiger partial charge < -0.3 is 0 Å². The van der Waals surface area contributed by atoms with Crippen LogP contribution < -0.4 is 4.72 Å². The summed E-state index contributed by atoms with van der Waals surface area (Å²) >= 11 is 1.24. The molecule has 7 heteroatoms. The van der Waals surface area contributed by atoms with E-state index in [-0.39, 0.29) is 5.08 Å². The number of fused-ring (bicyclic) bond motifs is 1. The van der Waals surface area contributed by atoms with Crippen LogP contribution >= 0.6 is 11.8 Å². The van der Waals surface area contributed by atoms with Gasteiger partial charge in [0.05, 0.1) is 11.9 Å². The Bertz CT molecular complexity index is 747. The zero-order valence-electron chi connectivity index (χ0n) is 9.63. The van der Waals surface area contributed by atoms with Crippen molar-refractivity contribution in [2.45, 2.75) is 4.90 Å². The van der Waals surface area contributed by atoms with Gasteiger partial charge >= 0.3 is 0 Å². The summed E-state index contributed by atoms with van der Waals surface area (Å²) in [5, 5.41) is -0.00907. The van der Waals surface area contributed by atoms with Gasteiger partial charge in [-0.1, -0.05) is 6.07 Å². The Kier molecular flexibility index (Phi) is 2.94. The van der Waals surface area contributed by atoms with Crippen molar-refractivity contribution in [3.8, 4) is 11.1 Å². The van der Waals surface area contributed by atoms with E-state index in [1.165, 1.54) is 17.8 Å². The molecule has 0 bridgehead atoms. The van der Waals surface area contributed by atoms with Gasteiger partial charge in [0.2, 0.25) is 10.0 Å². The van der Waals surface area contributed by atoms with Gasteiger partial charge in [-0.25, -0.2) is 12.8 Å². The molecule has 0 atom stereocenters. The molecule has 0 radical (unpaired) electrons. The second-order valence-corrected chi connectivity index (χ2v) is 7.19. The number of anilines is 1. The third-order valence-electron chi connectivity index (χ3n) is 2.65. The summed E-state index contributed by atoms with van der Waals surface area (Å²) < 4.78 is 38.5. The Balaban J connectivity index is 2.03. The fourth-order valence-corrected chi connectivity index (χ4v) is 4.24. The van der Waals surface area contributed by atoms with E-state index in [1.54, 1.807) is 18.3 Å². The molecule has 1 aromatic heterocycles. The normalized spacial score (nSPS) is 16.5. The number of halogens is 1. The van der Waals surface area contributed by atoms with Gasteiger partial charge in [-0.15, -0.1) is 11.8 Å². The first-order chi connectivity index (χ1) is 9.03. The summed E-state index contributed by atoms with van der Waals surface area (Å²) in [5.41, 5.74) is 2.03. The minimum absolute atomic E-state index is 0.00907. The highest BCUT2D eigenvalue weighted by molar-refractivity contribution is 8.13. The third kappa shape index (κ3) is 2.57. The lowest BCUT2D eigenvalue weighted by molar-refractivity contribution is 0.605. The largest absolute Gasteiger partial charge is 0.282 e. The van der Waals surface area contributed by atoms with Crippen molar-refractivity contribution >= 4 is 27.5 Å². The molecule has 0 unspecified atom stereocenters. The van der Waals surface area contributed by atoms with Gasteiger partial charge in [-0.3, -0.25) is 9.71 Å². The van der Waals surface area contributed by atoms with Crippen LogP contribution in [0.5, 0.6) is 0 Å². The maximum atomic E-state index is 13.1. The highest BCUT2D eigenvalue weighted by atomic mass is 32.3. The number of rotatable bonds is 1. The summed E-state index contributed by atoms with van der Waals surface area (Å²) in [6, 6.07) is 6.65. The van der Waals surface area contributed by atoms with Gasteiger partial charge in [0.1, 0.15) is 10.9 Å². The van der Waals surface area contributed by atoms with Crippen molar-refractivity contribution < 1.29 is 12.8 Å². The molecule has 2 heterocycles. The average Bonchev–Trinajstić information content (AvgIpc) is 2.37. The molecular formula is C12H9FN2O2S2. The minimum atomic E-state index is -3.24. The Hall–Kier alpha value is -1.60. The molecule has 1 aliphatic rings. The molecular weight excluding hydrogens is 287 g/mol. The van der Waals surface area contributed by atoms with Gasteiger partial charge in [0.15, 0.2) is 0 Å². The fraction of sp³-hybridized carbons (Fsp3) is 0.0833. The molecule has 1 aliphatic heterocycles. The molecule has 0 fully saturated rings. The molecule has 19 heavy (non-hydrogen) atoms. The van der Waals surface area contributed by atoms with Crippen LogP contribution in [0.15, 0.2) is 41.6 Å². The van der Waals surface area contributed by atoms with Crippen LogP contribution in [0.3, 0.4) is 0 Å². The number of nitrogens with zero attached hydrogens (tertiary/aromatic N) is 1. The highest BCUT2D eigenvalue weighted by Gasteiger charge is 2.20. The lowest BCUT2D eigenvalue weighted by atomic mass is 10.1. The van der Waals surface area contributed by atoms with Gasteiger partial charge in [0.25, 0.3) is 0 Å². The molecule has 0 saturated carbocycles. The van der Waals surface area contributed by atoms with Crippen LogP contribution in [0.2, 0.25) is 0 Å². The predicted molar refractivity (Wildman–Crippen MR) is 72.9 cm³/mol. The van der Waals surface area contributed by atoms with E-state index < -0.39 is 15.8 Å². The van der Waals surface area contributed by atoms with E-state index in [9.17, 15) is 12.8 Å². The lowest BCUT2D eigenvalue weighted by Gasteiger charge is -2.18. The summed E-state index contributed by atoms with van der Waals surface area (Å²) in [7, 11) is -3.24. The van der Waals surface area contributed by atoms with Crippen molar-refractivity contribution in [3.05, 3.63) is 42.5 Å². The standard InChI is InChI=1S/C12H9FN2O2S2/c13-10-3-9(5-14-6-10)8-1-2-11-12(4-8)18-7-19(16,17)15-11/h1-6,15H,7H2. The molecule has 0 aliphatic carbocycles. The monoisotopic (exact) mass is 296 g/mol. The molecule has 98 valence electrons. The zero-order valence-corrected chi connectivity index (χ0v) is 11.3. The Morgan fingerprint density at radius 1 is 1.21 bits per heavy atom. The maximum Gasteiger partial charge on any atom is 0.242 e. The van der Waals surface area contributed by atoms with Gasteiger partial charge in [-0.05, 0) is 23.8 Å². The summed E-state index contributed by atoms with van der Waals surface area (Å²) in [6.45, 7) is 0. The summed E-state index contributed by atoms with van der Waals surface area (Å²) in [4.78, 5) is 4.63. The van der Waals surface area contributed by atoms with E-state index in [0.717, 1.165) is 16.7 Å². The topological polar surface area (TPSA) is 59.1 Å². The maximum absolute atomic E-state index is 13.1. The van der Waals surface area contributed by atoms with Crippen LogP contribution in [0, 0.1) is 5.82 Å². The van der Waals surface area contributed by atoms with Crippen LogP contribution in [0.1, 0.15) is 0 Å². The van der Waals surface area contributed by atoms with Crippen LogP contribution in [-0.2, 0) is 10.0 Å². The number of thioether (sulfide) groups is 1. The van der Waals surface area contributed by atoms with Gasteiger partial charge in [0, 0.05) is 16.7 Å². The number of sulfonamides is 1. The molecule has 2 aromatic rings. The van der Waals surface area contributed by atoms with Crippen molar-refractivity contribution in [2.75, 3.05) is 9.81 Å². The molecule has 0 amide bonds. The molecule has 0 saturated heterocycles. The van der Waals surface area contributed by atoms with Gasteiger partial charge in [-0.2, -0.15) is 0 Å². The molecule has 4 nitrogen and oxygen atoms in total. The van der Waals surface area contributed by atoms with E-state index in [0.29, 0.717) is 11.3 Å². The Labute approximate surface area is 114 Å².